The first-order valence-corrected chi connectivity index (χ1v) is 7.30. The third-order valence-electron chi connectivity index (χ3n) is 3.51. The second-order valence-electron chi connectivity index (χ2n) is 4.98. The molecule has 5 nitrogen and oxygen atoms in total. The van der Waals surface area contributed by atoms with Gasteiger partial charge in [-0.05, 0) is 24.3 Å². The summed E-state index contributed by atoms with van der Waals surface area (Å²) in [5.74, 6) is 0. The largest absolute Gasteiger partial charge is 0.356 e. The van der Waals surface area contributed by atoms with Crippen LogP contribution in [0.1, 0.15) is 23.7 Å². The number of ether oxygens (including phenoxy) is 4. The second-order valence-corrected chi connectivity index (χ2v) is 4.98. The average molecular weight is 317 g/mol. The van der Waals surface area contributed by atoms with E-state index in [4.69, 9.17) is 18.9 Å². The SMILES string of the molecule is COC(OC)c1ccc(Nc2ccc(C(OC)OC)cc2)cc1. The van der Waals surface area contributed by atoms with Crippen molar-refractivity contribution in [1.29, 1.82) is 0 Å². The Hall–Kier alpha value is -1.92. The Morgan fingerprint density at radius 1 is 0.565 bits per heavy atom. The van der Waals surface area contributed by atoms with E-state index in [1.54, 1.807) is 28.4 Å². The van der Waals surface area contributed by atoms with E-state index in [9.17, 15) is 0 Å². The van der Waals surface area contributed by atoms with Gasteiger partial charge in [-0.25, -0.2) is 0 Å². The van der Waals surface area contributed by atoms with Gasteiger partial charge in [-0.15, -0.1) is 0 Å². The van der Waals surface area contributed by atoms with Crippen molar-refractivity contribution in [1.82, 2.24) is 0 Å². The zero-order valence-electron chi connectivity index (χ0n) is 13.9. The van der Waals surface area contributed by atoms with E-state index < -0.39 is 0 Å². The molecule has 0 saturated carbocycles. The Morgan fingerprint density at radius 3 is 1.13 bits per heavy atom. The standard InChI is InChI=1S/C18H23NO4/c1-20-17(21-2)13-5-9-15(10-6-13)19-16-11-7-14(8-12-16)18(22-3)23-4/h5-12,17-19H,1-4H3. The summed E-state index contributed by atoms with van der Waals surface area (Å²) in [7, 11) is 6.48. The molecule has 23 heavy (non-hydrogen) atoms. The number of anilines is 2. The van der Waals surface area contributed by atoms with Gasteiger partial charge in [-0.1, -0.05) is 24.3 Å². The van der Waals surface area contributed by atoms with Gasteiger partial charge in [-0.3, -0.25) is 0 Å². The molecule has 0 aliphatic carbocycles. The van der Waals surface area contributed by atoms with Crippen LogP contribution < -0.4 is 5.32 Å². The summed E-state index contributed by atoms with van der Waals surface area (Å²) in [5, 5.41) is 3.34. The summed E-state index contributed by atoms with van der Waals surface area (Å²) in [5.41, 5.74) is 3.92. The molecular formula is C18H23NO4. The van der Waals surface area contributed by atoms with Gasteiger partial charge in [0.05, 0.1) is 0 Å². The minimum Gasteiger partial charge on any atom is -0.356 e. The van der Waals surface area contributed by atoms with Gasteiger partial charge in [0.15, 0.2) is 12.6 Å². The second kappa shape index (κ2) is 8.64. The molecule has 1 N–H and O–H groups in total. The van der Waals surface area contributed by atoms with E-state index in [0.29, 0.717) is 0 Å². The predicted molar refractivity (Wildman–Crippen MR) is 89.7 cm³/mol. The third kappa shape index (κ3) is 4.53. The number of hydrogen-bond acceptors (Lipinski definition) is 5. The van der Waals surface area contributed by atoms with E-state index in [1.165, 1.54) is 0 Å². The van der Waals surface area contributed by atoms with Crippen molar-refractivity contribution in [3.8, 4) is 0 Å². The lowest BCUT2D eigenvalue weighted by molar-refractivity contribution is -0.106. The molecule has 0 saturated heterocycles. The number of methoxy groups -OCH3 is 4. The molecule has 0 radical (unpaired) electrons. The highest BCUT2D eigenvalue weighted by molar-refractivity contribution is 5.60. The molecule has 2 rings (SSSR count). The molecule has 0 spiro atoms. The van der Waals surface area contributed by atoms with Gasteiger partial charge in [-0.2, -0.15) is 0 Å². The van der Waals surface area contributed by atoms with E-state index >= 15 is 0 Å². The van der Waals surface area contributed by atoms with Crippen molar-refractivity contribution in [3.05, 3.63) is 59.7 Å². The maximum Gasteiger partial charge on any atom is 0.183 e. The van der Waals surface area contributed by atoms with Crippen molar-refractivity contribution < 1.29 is 18.9 Å². The highest BCUT2D eigenvalue weighted by Gasteiger charge is 2.09. The molecule has 0 unspecified atom stereocenters. The van der Waals surface area contributed by atoms with Crippen LogP contribution >= 0.6 is 0 Å². The quantitative estimate of drug-likeness (QED) is 0.745. The van der Waals surface area contributed by atoms with Crippen LogP contribution in [0.2, 0.25) is 0 Å². The van der Waals surface area contributed by atoms with Crippen molar-refractivity contribution >= 4 is 11.4 Å². The highest BCUT2D eigenvalue weighted by Crippen LogP contribution is 2.24. The number of nitrogens with one attached hydrogen (secondary N) is 1. The Kier molecular flexibility index (Phi) is 6.55. The Morgan fingerprint density at radius 2 is 0.870 bits per heavy atom. The van der Waals surface area contributed by atoms with Crippen LogP contribution in [0.3, 0.4) is 0 Å². The van der Waals surface area contributed by atoms with Crippen LogP contribution in [0.25, 0.3) is 0 Å². The van der Waals surface area contributed by atoms with Gasteiger partial charge in [0.1, 0.15) is 0 Å². The molecule has 2 aromatic carbocycles. The Labute approximate surface area is 137 Å². The number of benzene rings is 2. The normalized spacial score (nSPS) is 11.2. The van der Waals surface area contributed by atoms with Crippen molar-refractivity contribution in [2.24, 2.45) is 0 Å². The summed E-state index contributed by atoms with van der Waals surface area (Å²) in [4.78, 5) is 0. The van der Waals surface area contributed by atoms with Gasteiger partial charge in [0, 0.05) is 50.9 Å². The fraction of sp³-hybridized carbons (Fsp3) is 0.333. The minimum atomic E-state index is -0.344. The maximum absolute atomic E-state index is 5.23. The fourth-order valence-electron chi connectivity index (χ4n) is 2.35. The van der Waals surface area contributed by atoms with Crippen LogP contribution in [0.15, 0.2) is 48.5 Å². The minimum absolute atomic E-state index is 0.344. The summed E-state index contributed by atoms with van der Waals surface area (Å²) >= 11 is 0. The average Bonchev–Trinajstić information content (AvgIpc) is 2.60. The van der Waals surface area contributed by atoms with Gasteiger partial charge in [0.2, 0.25) is 0 Å². The predicted octanol–water partition coefficient (Wildman–Crippen LogP) is 4.01. The molecule has 5 heteroatoms. The van der Waals surface area contributed by atoms with Gasteiger partial charge >= 0.3 is 0 Å². The number of hydrogen-bond donors (Lipinski definition) is 1. The van der Waals surface area contributed by atoms with Gasteiger partial charge in [0.25, 0.3) is 0 Å². The van der Waals surface area contributed by atoms with Crippen LogP contribution in [-0.4, -0.2) is 28.4 Å². The Bertz CT molecular complexity index is 521. The summed E-state index contributed by atoms with van der Waals surface area (Å²) in [6.45, 7) is 0. The lowest BCUT2D eigenvalue weighted by Crippen LogP contribution is -2.04. The molecule has 0 fully saturated rings. The summed E-state index contributed by atoms with van der Waals surface area (Å²) in [6, 6.07) is 15.8. The molecule has 0 aliphatic heterocycles. The molecule has 2 aromatic rings. The van der Waals surface area contributed by atoms with Gasteiger partial charge < -0.3 is 24.3 Å². The lowest BCUT2D eigenvalue weighted by atomic mass is 10.1. The first-order chi connectivity index (χ1) is 11.2. The monoisotopic (exact) mass is 317 g/mol. The smallest absolute Gasteiger partial charge is 0.183 e. The van der Waals surface area contributed by atoms with Crippen LogP contribution in [-0.2, 0) is 18.9 Å². The molecule has 0 bridgehead atoms. The van der Waals surface area contributed by atoms with Crippen molar-refractivity contribution in [3.63, 3.8) is 0 Å². The van der Waals surface area contributed by atoms with E-state index in [-0.39, 0.29) is 12.6 Å². The van der Waals surface area contributed by atoms with E-state index in [0.717, 1.165) is 22.5 Å². The molecule has 124 valence electrons. The Balaban J connectivity index is 2.04. The summed E-state index contributed by atoms with van der Waals surface area (Å²) in [6.07, 6.45) is -0.688. The molecule has 0 heterocycles. The van der Waals surface area contributed by atoms with E-state index in [1.807, 2.05) is 48.5 Å². The molecule has 0 amide bonds. The molecular weight excluding hydrogens is 294 g/mol. The number of rotatable bonds is 8. The van der Waals surface area contributed by atoms with Crippen molar-refractivity contribution in [2.45, 2.75) is 12.6 Å². The van der Waals surface area contributed by atoms with Crippen LogP contribution in [0.4, 0.5) is 11.4 Å². The summed E-state index contributed by atoms with van der Waals surface area (Å²) < 4.78 is 20.9. The van der Waals surface area contributed by atoms with Crippen molar-refractivity contribution in [2.75, 3.05) is 33.8 Å². The maximum atomic E-state index is 5.23. The first kappa shape index (κ1) is 17.4. The zero-order valence-corrected chi connectivity index (χ0v) is 13.9. The zero-order chi connectivity index (χ0) is 16.7. The third-order valence-corrected chi connectivity index (χ3v) is 3.51. The van der Waals surface area contributed by atoms with E-state index in [2.05, 4.69) is 5.32 Å². The highest BCUT2D eigenvalue weighted by atomic mass is 16.7. The first-order valence-electron chi connectivity index (χ1n) is 7.30. The molecule has 0 aromatic heterocycles. The topological polar surface area (TPSA) is 49.0 Å². The van der Waals surface area contributed by atoms with Crippen LogP contribution in [0, 0.1) is 0 Å². The molecule has 0 atom stereocenters. The lowest BCUT2D eigenvalue weighted by Gasteiger charge is -2.15. The van der Waals surface area contributed by atoms with Crippen LogP contribution in [0.5, 0.6) is 0 Å². The molecule has 0 aliphatic rings. The fourth-order valence-corrected chi connectivity index (χ4v) is 2.35.